The Balaban J connectivity index is 1.74. The molecule has 4 heterocycles. The average molecular weight is 577 g/mol. The van der Waals surface area contributed by atoms with E-state index in [1.807, 2.05) is 7.05 Å². The molecule has 3 aromatic rings. The number of alkyl halides is 3. The van der Waals surface area contributed by atoms with E-state index in [4.69, 9.17) is 9.47 Å². The van der Waals surface area contributed by atoms with Gasteiger partial charge in [-0.15, -0.1) is 0 Å². The van der Waals surface area contributed by atoms with Gasteiger partial charge in [0, 0.05) is 31.7 Å². The fourth-order valence-corrected chi connectivity index (χ4v) is 5.22. The summed E-state index contributed by atoms with van der Waals surface area (Å²) in [6, 6.07) is 5.05. The first-order valence-corrected chi connectivity index (χ1v) is 13.1. The number of aromatic nitrogens is 4. The molecule has 218 valence electrons. The number of methoxy groups -OCH3 is 1. The van der Waals surface area contributed by atoms with Gasteiger partial charge in [0.1, 0.15) is 23.6 Å². The number of nitrogens with one attached hydrogen (secondary N) is 1. The SMILES string of the molecule is COc1cccc(F)c1-n1c(C(F)(F)F)nc2c(N3CCN[C@@H](CC#N)C3)nc(OCC3CCCN3C)nc2c1=O. The summed E-state index contributed by atoms with van der Waals surface area (Å²) in [5.41, 5.74) is -2.88. The van der Waals surface area contributed by atoms with Crippen LogP contribution in [0.15, 0.2) is 23.0 Å². The molecule has 2 aromatic heterocycles. The van der Waals surface area contributed by atoms with Crippen LogP contribution in [0.4, 0.5) is 23.4 Å². The van der Waals surface area contributed by atoms with E-state index in [2.05, 4.69) is 31.2 Å². The number of hydrogen-bond acceptors (Lipinski definition) is 10. The molecule has 2 saturated heterocycles. The molecule has 1 N–H and O–H groups in total. The number of benzene rings is 1. The van der Waals surface area contributed by atoms with Crippen LogP contribution in [0.3, 0.4) is 0 Å². The van der Waals surface area contributed by atoms with Gasteiger partial charge in [0.2, 0.25) is 5.82 Å². The van der Waals surface area contributed by atoms with Crippen molar-refractivity contribution in [3.05, 3.63) is 40.2 Å². The van der Waals surface area contributed by atoms with Crippen molar-refractivity contribution in [2.24, 2.45) is 0 Å². The van der Waals surface area contributed by atoms with Crippen LogP contribution in [0.2, 0.25) is 0 Å². The summed E-state index contributed by atoms with van der Waals surface area (Å²) in [5.74, 6) is -3.11. The van der Waals surface area contributed by atoms with Crippen LogP contribution in [0.25, 0.3) is 16.7 Å². The molecule has 41 heavy (non-hydrogen) atoms. The quantitative estimate of drug-likeness (QED) is 0.420. The van der Waals surface area contributed by atoms with Gasteiger partial charge in [0.15, 0.2) is 17.2 Å². The monoisotopic (exact) mass is 576 g/mol. The van der Waals surface area contributed by atoms with Crippen LogP contribution in [0, 0.1) is 17.1 Å². The molecule has 1 unspecified atom stereocenters. The first-order chi connectivity index (χ1) is 19.6. The summed E-state index contributed by atoms with van der Waals surface area (Å²) in [4.78, 5) is 30.1. The van der Waals surface area contributed by atoms with Crippen molar-refractivity contribution in [2.75, 3.05) is 51.8 Å². The van der Waals surface area contributed by atoms with Crippen LogP contribution < -0.4 is 25.2 Å². The minimum absolute atomic E-state index is 0.0375. The van der Waals surface area contributed by atoms with Crippen molar-refractivity contribution in [3.63, 3.8) is 0 Å². The smallest absolute Gasteiger partial charge is 0.450 e. The number of nitrogens with zero attached hydrogens (tertiary/aromatic N) is 7. The number of piperazine rings is 1. The molecule has 5 rings (SSSR count). The Kier molecular flexibility index (Phi) is 7.96. The Morgan fingerprint density at radius 2 is 2.00 bits per heavy atom. The number of para-hydroxylation sites is 1. The van der Waals surface area contributed by atoms with E-state index in [0.717, 1.165) is 32.6 Å². The third-order valence-electron chi connectivity index (χ3n) is 7.30. The van der Waals surface area contributed by atoms with Crippen LogP contribution >= 0.6 is 0 Å². The van der Waals surface area contributed by atoms with Crippen LogP contribution in [0.5, 0.6) is 11.8 Å². The molecule has 0 saturated carbocycles. The van der Waals surface area contributed by atoms with Gasteiger partial charge in [-0.25, -0.2) is 13.9 Å². The van der Waals surface area contributed by atoms with Gasteiger partial charge >= 0.3 is 12.2 Å². The fraction of sp³-hybridized carbons (Fsp3) is 0.500. The lowest BCUT2D eigenvalue weighted by Crippen LogP contribution is -2.51. The molecular weight excluding hydrogens is 548 g/mol. The first-order valence-electron chi connectivity index (χ1n) is 13.1. The molecule has 0 bridgehead atoms. The van der Waals surface area contributed by atoms with Crippen molar-refractivity contribution < 1.29 is 27.0 Å². The molecule has 0 spiro atoms. The number of ether oxygens (including phenoxy) is 2. The highest BCUT2D eigenvalue weighted by molar-refractivity contribution is 5.86. The van der Waals surface area contributed by atoms with Gasteiger partial charge in [-0.1, -0.05) is 6.07 Å². The molecule has 1 aromatic carbocycles. The van der Waals surface area contributed by atoms with Crippen LogP contribution in [-0.4, -0.2) is 83.4 Å². The van der Waals surface area contributed by atoms with Gasteiger partial charge in [-0.3, -0.25) is 4.79 Å². The normalized spacial score (nSPS) is 19.9. The molecule has 0 aliphatic carbocycles. The maximum atomic E-state index is 15.0. The summed E-state index contributed by atoms with van der Waals surface area (Å²) < 4.78 is 69.5. The predicted molar refractivity (Wildman–Crippen MR) is 140 cm³/mol. The minimum atomic E-state index is -5.16. The van der Waals surface area contributed by atoms with Crippen molar-refractivity contribution in [1.82, 2.24) is 29.7 Å². The maximum Gasteiger partial charge on any atom is 0.450 e. The lowest BCUT2D eigenvalue weighted by atomic mass is 10.1. The molecule has 2 aliphatic rings. The summed E-state index contributed by atoms with van der Waals surface area (Å²) in [5, 5.41) is 12.4. The zero-order valence-electron chi connectivity index (χ0n) is 22.4. The summed E-state index contributed by atoms with van der Waals surface area (Å²) in [7, 11) is 3.10. The highest BCUT2D eigenvalue weighted by Gasteiger charge is 2.40. The maximum absolute atomic E-state index is 15.0. The Bertz CT molecular complexity index is 1540. The second-order valence-corrected chi connectivity index (χ2v) is 9.94. The fourth-order valence-electron chi connectivity index (χ4n) is 5.22. The zero-order valence-corrected chi connectivity index (χ0v) is 22.4. The van der Waals surface area contributed by atoms with E-state index in [-0.39, 0.29) is 53.8 Å². The zero-order chi connectivity index (χ0) is 29.3. The van der Waals surface area contributed by atoms with Crippen molar-refractivity contribution in [2.45, 2.75) is 37.5 Å². The van der Waals surface area contributed by atoms with E-state index in [1.54, 1.807) is 4.90 Å². The van der Waals surface area contributed by atoms with E-state index in [1.165, 1.54) is 12.1 Å². The van der Waals surface area contributed by atoms with E-state index in [0.29, 0.717) is 13.1 Å². The Morgan fingerprint density at radius 3 is 2.68 bits per heavy atom. The summed E-state index contributed by atoms with van der Waals surface area (Å²) in [6.07, 6.45) is -3.15. The van der Waals surface area contributed by atoms with Crippen molar-refractivity contribution in [3.8, 4) is 23.5 Å². The lowest BCUT2D eigenvalue weighted by Gasteiger charge is -2.34. The van der Waals surface area contributed by atoms with E-state index in [9.17, 15) is 23.2 Å². The number of nitriles is 1. The third kappa shape index (κ3) is 5.62. The van der Waals surface area contributed by atoms with E-state index < -0.39 is 40.1 Å². The van der Waals surface area contributed by atoms with Gasteiger partial charge in [0.05, 0.1) is 19.6 Å². The minimum Gasteiger partial charge on any atom is -0.494 e. The molecule has 2 atom stereocenters. The third-order valence-corrected chi connectivity index (χ3v) is 7.30. The molecule has 0 radical (unpaired) electrons. The van der Waals surface area contributed by atoms with Gasteiger partial charge in [-0.05, 0) is 38.6 Å². The second-order valence-electron chi connectivity index (χ2n) is 9.94. The molecule has 15 heteroatoms. The largest absolute Gasteiger partial charge is 0.494 e. The van der Waals surface area contributed by atoms with E-state index >= 15 is 4.39 Å². The van der Waals surface area contributed by atoms with Gasteiger partial charge in [0.25, 0.3) is 5.56 Å². The molecule has 2 fully saturated rings. The van der Waals surface area contributed by atoms with Crippen molar-refractivity contribution in [1.29, 1.82) is 5.26 Å². The number of likely N-dealkylation sites (tertiary alicyclic amines) is 1. The first kappa shape index (κ1) is 28.5. The van der Waals surface area contributed by atoms with Crippen molar-refractivity contribution >= 4 is 16.9 Å². The second kappa shape index (κ2) is 11.5. The Morgan fingerprint density at radius 1 is 1.20 bits per heavy atom. The lowest BCUT2D eigenvalue weighted by molar-refractivity contribution is -0.146. The predicted octanol–water partition coefficient (Wildman–Crippen LogP) is 2.51. The highest BCUT2D eigenvalue weighted by atomic mass is 19.4. The molecule has 0 amide bonds. The number of halogens is 4. The van der Waals surface area contributed by atoms with Crippen LogP contribution in [0.1, 0.15) is 25.1 Å². The number of hydrogen-bond donors (Lipinski definition) is 1. The summed E-state index contributed by atoms with van der Waals surface area (Å²) >= 11 is 0. The number of fused-ring (bicyclic) bond motifs is 1. The number of likely N-dealkylation sites (N-methyl/N-ethyl adjacent to an activating group) is 1. The molecular formula is C26H28F4N8O3. The Hall–Kier alpha value is -4.03. The van der Waals surface area contributed by atoms with Gasteiger partial charge in [-0.2, -0.15) is 28.4 Å². The molecule has 2 aliphatic heterocycles. The average Bonchev–Trinajstić information content (AvgIpc) is 3.36. The topological polar surface area (TPSA) is 121 Å². The van der Waals surface area contributed by atoms with Crippen LogP contribution in [-0.2, 0) is 6.18 Å². The van der Waals surface area contributed by atoms with Gasteiger partial charge < -0.3 is 24.6 Å². The Labute approximate surface area is 232 Å². The summed E-state index contributed by atoms with van der Waals surface area (Å²) in [6.45, 7) is 2.03. The number of rotatable bonds is 7. The highest BCUT2D eigenvalue weighted by Crippen LogP contribution is 2.35. The standard InChI is InChI=1S/C26H28F4N8O3/c1-36-11-4-5-16(36)14-41-25-34-20-19(22(35-25)37-12-10-32-15(13-37)8-9-31)33-24(26(28,29)30)38(23(20)39)21-17(27)6-3-7-18(21)40-2/h3,6-7,15-16,32H,4-5,8,10-14H2,1-2H3/t15-,16?/m0/s1. The number of anilines is 1. The molecule has 11 nitrogen and oxygen atoms in total.